The van der Waals surface area contributed by atoms with Crippen molar-refractivity contribution in [3.63, 3.8) is 0 Å². The second-order valence-electron chi connectivity index (χ2n) is 5.37. The second kappa shape index (κ2) is 8.55. The number of halogens is 4. The summed E-state index contributed by atoms with van der Waals surface area (Å²) >= 11 is 8.78. The molecule has 0 aromatic heterocycles. The zero-order chi connectivity index (χ0) is 18.6. The van der Waals surface area contributed by atoms with E-state index >= 15 is 0 Å². The zero-order valence-corrected chi connectivity index (χ0v) is 15.6. The molecule has 1 aromatic carbocycles. The summed E-state index contributed by atoms with van der Waals surface area (Å²) in [5.41, 5.74) is -1.04. The van der Waals surface area contributed by atoms with E-state index in [-0.39, 0.29) is 23.4 Å². The van der Waals surface area contributed by atoms with E-state index in [1.54, 1.807) is 23.5 Å². The Bertz CT molecular complexity index is 652. The number of nitrogens with zero attached hydrogens (tertiary/aromatic N) is 1. The Hall–Kier alpha value is -1.06. The quantitative estimate of drug-likeness (QED) is 0.820. The van der Waals surface area contributed by atoms with Gasteiger partial charge in [-0.25, -0.2) is 0 Å². The van der Waals surface area contributed by atoms with Gasteiger partial charge in [0.25, 0.3) is 0 Å². The molecule has 1 heterocycles. The molecule has 1 N–H and O–H groups in total. The van der Waals surface area contributed by atoms with E-state index in [9.17, 15) is 22.8 Å². The van der Waals surface area contributed by atoms with Gasteiger partial charge in [-0.05, 0) is 18.2 Å². The largest absolute Gasteiger partial charge is 0.417 e. The standard InChI is InChI=1S/C15H16ClF3N2O2S2/c1-21(14(23)12-8-24-4-5-25-12)7-13(22)20-9-2-3-11(16)10(6-9)15(17,18)19/h2-3,6,12H,4-5,7-8H2,1H3,(H,20,22). The third kappa shape index (κ3) is 5.72. The van der Waals surface area contributed by atoms with E-state index in [4.69, 9.17) is 11.6 Å². The topological polar surface area (TPSA) is 49.4 Å². The van der Waals surface area contributed by atoms with Crippen LogP contribution in [0.3, 0.4) is 0 Å². The maximum Gasteiger partial charge on any atom is 0.417 e. The van der Waals surface area contributed by atoms with Crippen molar-refractivity contribution in [3.8, 4) is 0 Å². The first-order valence-electron chi connectivity index (χ1n) is 7.29. The highest BCUT2D eigenvalue weighted by Gasteiger charge is 2.33. The van der Waals surface area contributed by atoms with Crippen LogP contribution in [-0.4, -0.2) is 52.8 Å². The Morgan fingerprint density at radius 3 is 2.68 bits per heavy atom. The molecule has 1 saturated heterocycles. The average molecular weight is 413 g/mol. The summed E-state index contributed by atoms with van der Waals surface area (Å²) in [6.45, 7) is -0.232. The molecule has 2 amide bonds. The van der Waals surface area contributed by atoms with E-state index in [1.165, 1.54) is 18.0 Å². The molecule has 10 heteroatoms. The molecule has 4 nitrogen and oxygen atoms in total. The van der Waals surface area contributed by atoms with Crippen molar-refractivity contribution in [3.05, 3.63) is 28.8 Å². The van der Waals surface area contributed by atoms with Gasteiger partial charge in [-0.15, -0.1) is 11.8 Å². The van der Waals surface area contributed by atoms with Gasteiger partial charge < -0.3 is 10.2 Å². The number of amides is 2. The van der Waals surface area contributed by atoms with Crippen LogP contribution >= 0.6 is 35.1 Å². The van der Waals surface area contributed by atoms with Crippen molar-refractivity contribution in [1.29, 1.82) is 0 Å². The normalized spacial score (nSPS) is 17.9. The molecule has 0 saturated carbocycles. The van der Waals surface area contributed by atoms with E-state index in [0.29, 0.717) is 5.75 Å². The number of carbonyl (C=O) groups is 2. The molecule has 0 spiro atoms. The number of hydrogen-bond acceptors (Lipinski definition) is 4. The lowest BCUT2D eigenvalue weighted by Gasteiger charge is -2.25. The molecular formula is C15H16ClF3N2O2S2. The van der Waals surface area contributed by atoms with E-state index in [2.05, 4.69) is 5.32 Å². The van der Waals surface area contributed by atoms with Gasteiger partial charge in [0.2, 0.25) is 11.8 Å². The van der Waals surface area contributed by atoms with Gasteiger partial charge in [-0.2, -0.15) is 24.9 Å². The number of hydrogen-bond donors (Lipinski definition) is 1. The fraction of sp³-hybridized carbons (Fsp3) is 0.467. The fourth-order valence-corrected chi connectivity index (χ4v) is 5.08. The smallest absolute Gasteiger partial charge is 0.335 e. The third-order valence-corrected chi connectivity index (χ3v) is 6.48. The summed E-state index contributed by atoms with van der Waals surface area (Å²) in [6, 6.07) is 3.13. The molecule has 1 aromatic rings. The van der Waals surface area contributed by atoms with E-state index in [1.807, 2.05) is 0 Å². The molecule has 1 aliphatic heterocycles. The first kappa shape index (κ1) is 20.3. The van der Waals surface area contributed by atoms with E-state index in [0.717, 1.165) is 23.6 Å². The minimum Gasteiger partial charge on any atom is -0.335 e. The molecule has 1 atom stereocenters. The second-order valence-corrected chi connectivity index (χ2v) is 8.24. The molecule has 1 aliphatic rings. The summed E-state index contributed by atoms with van der Waals surface area (Å²) in [5, 5.41) is 1.74. The molecule has 1 fully saturated rings. The van der Waals surface area contributed by atoms with Gasteiger partial charge in [-0.1, -0.05) is 11.6 Å². The zero-order valence-electron chi connectivity index (χ0n) is 13.2. The van der Waals surface area contributed by atoms with Crippen LogP contribution in [0.15, 0.2) is 18.2 Å². The van der Waals surface area contributed by atoms with Crippen molar-refractivity contribution in [2.75, 3.05) is 36.2 Å². The van der Waals surface area contributed by atoms with Crippen LogP contribution in [0.2, 0.25) is 5.02 Å². The highest BCUT2D eigenvalue weighted by atomic mass is 35.5. The summed E-state index contributed by atoms with van der Waals surface area (Å²) in [6.07, 6.45) is -4.61. The van der Waals surface area contributed by atoms with Gasteiger partial charge in [0.1, 0.15) is 0 Å². The molecule has 0 aliphatic carbocycles. The summed E-state index contributed by atoms with van der Waals surface area (Å²) in [7, 11) is 1.50. The van der Waals surface area contributed by atoms with Gasteiger partial charge in [-0.3, -0.25) is 9.59 Å². The van der Waals surface area contributed by atoms with Crippen LogP contribution in [0.4, 0.5) is 18.9 Å². The van der Waals surface area contributed by atoms with Crippen molar-refractivity contribution in [1.82, 2.24) is 4.90 Å². The maximum absolute atomic E-state index is 12.8. The van der Waals surface area contributed by atoms with Crippen LogP contribution in [0, 0.1) is 0 Å². The minimum atomic E-state index is -4.61. The molecular weight excluding hydrogens is 397 g/mol. The lowest BCUT2D eigenvalue weighted by atomic mass is 10.2. The molecule has 1 unspecified atom stereocenters. The molecule has 0 bridgehead atoms. The lowest BCUT2D eigenvalue weighted by molar-refractivity contribution is -0.137. The first-order chi connectivity index (χ1) is 11.7. The fourth-order valence-electron chi connectivity index (χ4n) is 2.19. The predicted molar refractivity (Wildman–Crippen MR) is 96.3 cm³/mol. The Morgan fingerprint density at radius 1 is 1.36 bits per heavy atom. The number of alkyl halides is 3. The Labute approximate surface area is 156 Å². The van der Waals surface area contributed by atoms with Gasteiger partial charge >= 0.3 is 6.18 Å². The highest BCUT2D eigenvalue weighted by molar-refractivity contribution is 8.07. The monoisotopic (exact) mass is 412 g/mol. The number of anilines is 1. The molecule has 138 valence electrons. The summed E-state index contributed by atoms with van der Waals surface area (Å²) in [5.74, 6) is 1.85. The minimum absolute atomic E-state index is 0.0230. The number of benzene rings is 1. The van der Waals surface area contributed by atoms with Crippen LogP contribution in [0.1, 0.15) is 5.56 Å². The average Bonchev–Trinajstić information content (AvgIpc) is 2.55. The lowest BCUT2D eigenvalue weighted by Crippen LogP contribution is -2.41. The number of nitrogens with one attached hydrogen (secondary N) is 1. The summed E-state index contributed by atoms with van der Waals surface area (Å²) in [4.78, 5) is 25.6. The van der Waals surface area contributed by atoms with Crippen LogP contribution in [0.5, 0.6) is 0 Å². The van der Waals surface area contributed by atoms with Gasteiger partial charge in [0.15, 0.2) is 0 Å². The number of carbonyl (C=O) groups excluding carboxylic acids is 2. The molecule has 25 heavy (non-hydrogen) atoms. The number of rotatable bonds is 4. The number of thioether (sulfide) groups is 2. The van der Waals surface area contributed by atoms with Crippen LogP contribution in [-0.2, 0) is 15.8 Å². The molecule has 0 radical (unpaired) electrons. The van der Waals surface area contributed by atoms with Crippen molar-refractivity contribution < 1.29 is 22.8 Å². The predicted octanol–water partition coefficient (Wildman–Crippen LogP) is 3.60. The van der Waals surface area contributed by atoms with Gasteiger partial charge in [0, 0.05) is 30.0 Å². The van der Waals surface area contributed by atoms with Crippen LogP contribution < -0.4 is 5.32 Å². The third-order valence-electron chi connectivity index (χ3n) is 3.40. The first-order valence-corrected chi connectivity index (χ1v) is 9.87. The number of likely N-dealkylation sites (N-methyl/N-ethyl adjacent to an activating group) is 1. The van der Waals surface area contributed by atoms with Crippen molar-refractivity contribution in [2.24, 2.45) is 0 Å². The Morgan fingerprint density at radius 2 is 2.08 bits per heavy atom. The van der Waals surface area contributed by atoms with E-state index < -0.39 is 22.7 Å². The summed E-state index contributed by atoms with van der Waals surface area (Å²) < 4.78 is 38.5. The highest BCUT2D eigenvalue weighted by Crippen LogP contribution is 2.36. The maximum atomic E-state index is 12.8. The van der Waals surface area contributed by atoms with Crippen LogP contribution in [0.25, 0.3) is 0 Å². The molecule has 2 rings (SSSR count). The SMILES string of the molecule is CN(CC(=O)Nc1ccc(Cl)c(C(F)(F)F)c1)C(=O)C1CSCCS1. The van der Waals surface area contributed by atoms with Crippen molar-refractivity contribution >= 4 is 52.6 Å². The van der Waals surface area contributed by atoms with Gasteiger partial charge in [0.05, 0.1) is 22.4 Å². The Balaban J connectivity index is 1.96. The van der Waals surface area contributed by atoms with Crippen molar-refractivity contribution in [2.45, 2.75) is 11.4 Å². The Kier molecular flexibility index (Phi) is 6.93.